The van der Waals surface area contributed by atoms with E-state index in [9.17, 15) is 23.2 Å². The van der Waals surface area contributed by atoms with E-state index in [0.717, 1.165) is 17.2 Å². The van der Waals surface area contributed by atoms with Crippen molar-refractivity contribution in [2.24, 2.45) is 0 Å². The molecule has 44 heavy (non-hydrogen) atoms. The number of esters is 1. The van der Waals surface area contributed by atoms with Crippen LogP contribution in [-0.2, 0) is 23.4 Å². The van der Waals surface area contributed by atoms with Crippen molar-refractivity contribution in [3.8, 4) is 5.75 Å². The average molecular weight is 639 g/mol. The van der Waals surface area contributed by atoms with Gasteiger partial charge >= 0.3 is 13.7 Å². The number of hydrogen-bond acceptors (Lipinski definition) is 11. The Kier molecular flexibility index (Phi) is 8.82. The monoisotopic (exact) mass is 638 g/mol. The molecule has 13 nitrogen and oxygen atoms in total. The van der Waals surface area contributed by atoms with Crippen molar-refractivity contribution in [3.63, 3.8) is 0 Å². The van der Waals surface area contributed by atoms with Gasteiger partial charge in [0.25, 0.3) is 6.43 Å². The number of hydrogen-bond donors (Lipinski definition) is 3. The molecule has 4 N–H and O–H groups in total. The second-order valence-electron chi connectivity index (χ2n) is 10.4. The number of rotatable bonds is 11. The summed E-state index contributed by atoms with van der Waals surface area (Å²) in [6.07, 6.45) is -8.71. The molecule has 2 aromatic heterocycles. The first-order chi connectivity index (χ1) is 20.8. The summed E-state index contributed by atoms with van der Waals surface area (Å²) in [5.41, 5.74) is 2.76. The number of nitrogen functional groups attached to an aromatic ring is 1. The van der Waals surface area contributed by atoms with E-state index < -0.39 is 63.0 Å². The molecule has 17 heteroatoms. The van der Waals surface area contributed by atoms with Crippen LogP contribution in [0.5, 0.6) is 5.75 Å². The third-order valence-corrected chi connectivity index (χ3v) is 8.54. The number of imidazole rings is 1. The highest BCUT2D eigenvalue weighted by atomic mass is 31.2. The highest BCUT2D eigenvalue weighted by Gasteiger charge is 2.62. The molecule has 1 saturated heterocycles. The largest absolute Gasteiger partial charge is 0.462 e. The molecule has 1 aliphatic rings. The van der Waals surface area contributed by atoms with Gasteiger partial charge in [-0.1, -0.05) is 36.4 Å². The maximum Gasteiger partial charge on any atom is 0.459 e. The normalized spacial score (nSPS) is 24.2. The lowest BCUT2D eigenvalue weighted by Gasteiger charge is -2.32. The number of aromatic nitrogens is 4. The predicted molar refractivity (Wildman–Crippen MR) is 151 cm³/mol. The third-order valence-electron chi connectivity index (χ3n) is 6.93. The maximum atomic E-state index is 15.5. The van der Waals surface area contributed by atoms with Gasteiger partial charge in [-0.25, -0.2) is 32.7 Å². The van der Waals surface area contributed by atoms with Crippen LogP contribution in [0.2, 0.25) is 0 Å². The van der Waals surface area contributed by atoms with Crippen LogP contribution in [0.25, 0.3) is 21.9 Å². The summed E-state index contributed by atoms with van der Waals surface area (Å²) in [5.74, 6) is -0.845. The Morgan fingerprint density at radius 1 is 1.18 bits per heavy atom. The van der Waals surface area contributed by atoms with E-state index in [1.54, 1.807) is 50.2 Å². The predicted octanol–water partition coefficient (Wildman–Crippen LogP) is 3.93. The lowest BCUT2D eigenvalue weighted by atomic mass is 9.97. The van der Waals surface area contributed by atoms with Gasteiger partial charge in [0.2, 0.25) is 0 Å². The SMILES string of the molecule is CC(C)OC(=O)[C@H](C)NP(=O)(OC[C@@]1(C(F)F)O[C@@H](n2cnc3c(N)ncnc32)[C@H](F)[C@@H]1O)Oc1cccc2ccccc12. The number of aliphatic hydroxyl groups is 1. The summed E-state index contributed by atoms with van der Waals surface area (Å²) in [7, 11) is -4.76. The topological polar surface area (TPSA) is 173 Å². The fraction of sp³-hybridized carbons (Fsp3) is 0.407. The number of anilines is 1. The molecule has 0 bridgehead atoms. The molecular weight excluding hydrogens is 608 g/mol. The van der Waals surface area contributed by atoms with Crippen molar-refractivity contribution in [1.29, 1.82) is 0 Å². The Hall–Kier alpha value is -3.82. The minimum Gasteiger partial charge on any atom is -0.462 e. The number of nitrogens with two attached hydrogens (primary N) is 1. The molecule has 0 radical (unpaired) electrons. The molecule has 2 aromatic carbocycles. The van der Waals surface area contributed by atoms with Crippen molar-refractivity contribution in [2.45, 2.75) is 63.4 Å². The zero-order valence-electron chi connectivity index (χ0n) is 23.7. The van der Waals surface area contributed by atoms with Crippen molar-refractivity contribution >= 4 is 41.5 Å². The Bertz CT molecular complexity index is 1710. The molecule has 1 fully saturated rings. The fourth-order valence-electron chi connectivity index (χ4n) is 4.72. The van der Waals surface area contributed by atoms with Crippen LogP contribution in [0, 0.1) is 0 Å². The third kappa shape index (κ3) is 5.95. The highest BCUT2D eigenvalue weighted by molar-refractivity contribution is 7.52. The number of nitrogens with one attached hydrogen (secondary N) is 1. The molecule has 5 rings (SSSR count). The van der Waals surface area contributed by atoms with E-state index >= 15 is 4.39 Å². The Morgan fingerprint density at radius 2 is 1.91 bits per heavy atom. The van der Waals surface area contributed by atoms with E-state index in [4.69, 9.17) is 24.3 Å². The average Bonchev–Trinajstić information content (AvgIpc) is 3.52. The lowest BCUT2D eigenvalue weighted by molar-refractivity contribution is -0.191. The second kappa shape index (κ2) is 12.3. The van der Waals surface area contributed by atoms with Gasteiger partial charge in [0.05, 0.1) is 19.0 Å². The summed E-state index contributed by atoms with van der Waals surface area (Å²) in [6.45, 7) is 3.19. The molecule has 1 aliphatic heterocycles. The Balaban J connectivity index is 1.47. The van der Waals surface area contributed by atoms with Crippen molar-refractivity contribution in [2.75, 3.05) is 12.3 Å². The number of nitrogens with zero attached hydrogens (tertiary/aromatic N) is 4. The van der Waals surface area contributed by atoms with Crippen molar-refractivity contribution < 1.29 is 46.2 Å². The smallest absolute Gasteiger partial charge is 0.459 e. The minimum absolute atomic E-state index is 0.0331. The van der Waals surface area contributed by atoms with Gasteiger partial charge in [-0.15, -0.1) is 0 Å². The van der Waals surface area contributed by atoms with Gasteiger partial charge in [0.15, 0.2) is 29.5 Å². The molecule has 0 saturated carbocycles. The number of alkyl halides is 3. The quantitative estimate of drug-likeness (QED) is 0.160. The van der Waals surface area contributed by atoms with Crippen LogP contribution in [0.1, 0.15) is 27.0 Å². The zero-order chi connectivity index (χ0) is 31.8. The molecule has 0 spiro atoms. The molecule has 0 aliphatic carbocycles. The molecular formula is C27H30F3N6O7P. The van der Waals surface area contributed by atoms with Crippen molar-refractivity contribution in [1.82, 2.24) is 24.6 Å². The Morgan fingerprint density at radius 3 is 2.64 bits per heavy atom. The molecule has 3 heterocycles. The van der Waals surface area contributed by atoms with Crippen LogP contribution in [0.15, 0.2) is 55.1 Å². The fourth-order valence-corrected chi connectivity index (χ4v) is 6.27. The molecule has 1 unspecified atom stereocenters. The number of carbonyl (C=O) groups excluding carboxylic acids is 1. The molecule has 0 amide bonds. The van der Waals surface area contributed by atoms with Gasteiger partial charge in [0.1, 0.15) is 29.7 Å². The van der Waals surface area contributed by atoms with E-state index in [-0.39, 0.29) is 22.7 Å². The van der Waals surface area contributed by atoms with E-state index in [2.05, 4.69) is 20.0 Å². The number of benzene rings is 2. The maximum absolute atomic E-state index is 15.5. The van der Waals surface area contributed by atoms with Gasteiger partial charge in [-0.05, 0) is 32.2 Å². The first-order valence-corrected chi connectivity index (χ1v) is 15.0. The van der Waals surface area contributed by atoms with Gasteiger partial charge < -0.3 is 24.8 Å². The van der Waals surface area contributed by atoms with Crippen LogP contribution in [0.3, 0.4) is 0 Å². The number of aliphatic hydroxyl groups excluding tert-OH is 1. The first kappa shape index (κ1) is 31.6. The molecule has 4 aromatic rings. The number of ether oxygens (including phenoxy) is 2. The molecule has 6 atom stereocenters. The summed E-state index contributed by atoms with van der Waals surface area (Å²) in [5, 5.41) is 14.4. The van der Waals surface area contributed by atoms with Gasteiger partial charge in [-0.2, -0.15) is 5.09 Å². The second-order valence-corrected chi connectivity index (χ2v) is 12.1. The number of fused-ring (bicyclic) bond motifs is 2. The van der Waals surface area contributed by atoms with E-state index in [0.29, 0.717) is 10.8 Å². The lowest BCUT2D eigenvalue weighted by Crippen LogP contribution is -2.52. The summed E-state index contributed by atoms with van der Waals surface area (Å²) >= 11 is 0. The Labute approximate surface area is 249 Å². The number of halogens is 3. The van der Waals surface area contributed by atoms with Gasteiger partial charge in [-0.3, -0.25) is 13.9 Å². The van der Waals surface area contributed by atoms with E-state index in [1.165, 1.54) is 13.0 Å². The minimum atomic E-state index is -4.76. The van der Waals surface area contributed by atoms with Crippen molar-refractivity contribution in [3.05, 3.63) is 55.1 Å². The first-order valence-electron chi connectivity index (χ1n) is 13.5. The summed E-state index contributed by atoms with van der Waals surface area (Å²) in [4.78, 5) is 24.3. The van der Waals surface area contributed by atoms with Crippen LogP contribution in [0.4, 0.5) is 19.0 Å². The summed E-state index contributed by atoms with van der Waals surface area (Å²) in [6, 6.07) is 10.4. The van der Waals surface area contributed by atoms with Gasteiger partial charge in [0, 0.05) is 5.39 Å². The highest BCUT2D eigenvalue weighted by Crippen LogP contribution is 2.51. The summed E-state index contributed by atoms with van der Waals surface area (Å²) < 4.78 is 82.0. The van der Waals surface area contributed by atoms with Crippen LogP contribution in [-0.4, -0.2) is 73.6 Å². The zero-order valence-corrected chi connectivity index (χ0v) is 24.6. The van der Waals surface area contributed by atoms with E-state index in [1.807, 2.05) is 0 Å². The van der Waals surface area contributed by atoms with Crippen LogP contribution >= 0.6 is 7.75 Å². The van der Waals surface area contributed by atoms with Crippen LogP contribution < -0.4 is 15.3 Å². The molecule has 236 valence electrons. The number of carbonyl (C=O) groups is 1. The standard InChI is InChI=1S/C27H30F3N6O7P/c1-14(2)41-25(38)15(3)35-44(39,43-18-10-6-8-16-7-4-5-9-17(16)18)40-11-27(26(29)30)21(37)19(28)24(42-27)36-13-34-20-22(31)32-12-33-23(20)36/h4-10,12-15,19,21,24,26,37H,11H2,1-3H3,(H,35,39)(H2,31,32,33)/t15-,19+,21-,24+,27+,44?/m0/s1.